The van der Waals surface area contributed by atoms with Crippen LogP contribution in [0.25, 0.3) is 0 Å². The quantitative estimate of drug-likeness (QED) is 0.209. The number of ether oxygens (including phenoxy) is 1. The Morgan fingerprint density at radius 1 is 1.07 bits per heavy atom. The molecule has 0 spiro atoms. The van der Waals surface area contributed by atoms with Crippen molar-refractivity contribution in [3.05, 3.63) is 36.5 Å². The Bertz CT molecular complexity index is 535. The molecule has 0 bridgehead atoms. The van der Waals surface area contributed by atoms with Crippen molar-refractivity contribution in [1.29, 1.82) is 0 Å². The topological polar surface area (TPSA) is 83.8 Å². The van der Waals surface area contributed by atoms with Crippen LogP contribution in [0.4, 0.5) is 0 Å². The van der Waals surface area contributed by atoms with Crippen molar-refractivity contribution in [3.8, 4) is 0 Å². The van der Waals surface area contributed by atoms with Gasteiger partial charge < -0.3 is 14.9 Å². The summed E-state index contributed by atoms with van der Waals surface area (Å²) in [6, 6.07) is 0. The van der Waals surface area contributed by atoms with Crippen molar-refractivity contribution in [3.63, 3.8) is 0 Å². The molecule has 1 saturated carbocycles. The number of hydrogen-bond donors (Lipinski definition) is 2. The van der Waals surface area contributed by atoms with Gasteiger partial charge in [-0.1, -0.05) is 44.1 Å². The monoisotopic (exact) mass is 378 g/mol. The van der Waals surface area contributed by atoms with E-state index in [9.17, 15) is 19.8 Å². The summed E-state index contributed by atoms with van der Waals surface area (Å²) in [4.78, 5) is 23.3. The maximum atomic E-state index is 12.1. The summed E-state index contributed by atoms with van der Waals surface area (Å²) in [6.45, 7) is 4.21. The summed E-state index contributed by atoms with van der Waals surface area (Å²) in [6.07, 6.45) is 14.6. The molecule has 27 heavy (non-hydrogen) atoms. The van der Waals surface area contributed by atoms with Crippen molar-refractivity contribution in [2.45, 2.75) is 71.0 Å². The summed E-state index contributed by atoms with van der Waals surface area (Å²) in [5.74, 6) is -0.752. The molecule has 1 rings (SSSR count). The number of aliphatic hydroxyl groups is 2. The van der Waals surface area contributed by atoms with E-state index in [1.807, 2.05) is 6.08 Å². The molecule has 4 atom stereocenters. The lowest BCUT2D eigenvalue weighted by Gasteiger charge is -2.06. The molecule has 0 aromatic carbocycles. The van der Waals surface area contributed by atoms with Gasteiger partial charge in [-0.25, -0.2) is 4.79 Å². The fraction of sp³-hybridized carbons (Fsp3) is 0.636. The second-order valence-corrected chi connectivity index (χ2v) is 7.00. The average molecular weight is 379 g/mol. The van der Waals surface area contributed by atoms with E-state index in [2.05, 4.69) is 13.0 Å². The lowest BCUT2D eigenvalue weighted by molar-refractivity contribution is -0.137. The number of aliphatic hydroxyl groups excluding tert-OH is 2. The van der Waals surface area contributed by atoms with Gasteiger partial charge in [0.05, 0.1) is 18.8 Å². The standard InChI is InChI=1S/C22H34O5/c1-3-5-6-7-8-9-11-17(23)14-15-21(25)19-16-18(19)20(24)12-10-13-22(26)27-4-2/h8-10,13-15,17-20,23-24H,3-7,11-12,16H2,1-2H3/b9-8-,13-10+,15-14+. The van der Waals surface area contributed by atoms with Gasteiger partial charge in [-0.05, 0) is 51.0 Å². The maximum Gasteiger partial charge on any atom is 0.330 e. The van der Waals surface area contributed by atoms with E-state index < -0.39 is 18.2 Å². The molecule has 0 aromatic heterocycles. The van der Waals surface area contributed by atoms with Crippen LogP contribution >= 0.6 is 0 Å². The van der Waals surface area contributed by atoms with Crippen LogP contribution in [-0.2, 0) is 14.3 Å². The molecule has 1 aliphatic carbocycles. The summed E-state index contributed by atoms with van der Waals surface area (Å²) in [5.41, 5.74) is 0. The van der Waals surface area contributed by atoms with Gasteiger partial charge in [0.1, 0.15) is 0 Å². The molecule has 0 heterocycles. The third-order valence-corrected chi connectivity index (χ3v) is 4.62. The Kier molecular flexibility index (Phi) is 11.6. The van der Waals surface area contributed by atoms with Crippen molar-refractivity contribution >= 4 is 11.8 Å². The fourth-order valence-corrected chi connectivity index (χ4v) is 2.91. The maximum absolute atomic E-state index is 12.1. The van der Waals surface area contributed by atoms with E-state index in [-0.39, 0.29) is 17.6 Å². The Hall–Kier alpha value is -1.72. The van der Waals surface area contributed by atoms with Gasteiger partial charge in [0.25, 0.3) is 0 Å². The Labute approximate surface area is 162 Å². The number of hydrogen-bond acceptors (Lipinski definition) is 5. The molecule has 5 nitrogen and oxygen atoms in total. The number of carbonyl (C=O) groups excluding carboxylic acids is 2. The number of rotatable bonds is 14. The molecule has 0 amide bonds. The zero-order valence-corrected chi connectivity index (χ0v) is 16.5. The number of carbonyl (C=O) groups is 2. The van der Waals surface area contributed by atoms with Crippen molar-refractivity contribution in [2.75, 3.05) is 6.61 Å². The second kappa shape index (κ2) is 13.4. The second-order valence-electron chi connectivity index (χ2n) is 7.00. The fourth-order valence-electron chi connectivity index (χ4n) is 2.91. The molecule has 0 aromatic rings. The molecular weight excluding hydrogens is 344 g/mol. The van der Waals surface area contributed by atoms with Gasteiger partial charge in [0.2, 0.25) is 0 Å². The van der Waals surface area contributed by atoms with Crippen LogP contribution < -0.4 is 0 Å². The first-order valence-corrected chi connectivity index (χ1v) is 10.1. The molecule has 0 radical (unpaired) electrons. The molecule has 0 aliphatic heterocycles. The predicted molar refractivity (Wildman–Crippen MR) is 106 cm³/mol. The SMILES string of the molecule is CCCCC/C=C\CC(O)/C=C/C(=O)C1CC1C(O)C/C=C/C(=O)OCC. The third kappa shape index (κ3) is 10.3. The first-order valence-electron chi connectivity index (χ1n) is 10.1. The van der Waals surface area contributed by atoms with Crippen LogP contribution in [0.3, 0.4) is 0 Å². The highest BCUT2D eigenvalue weighted by atomic mass is 16.5. The van der Waals surface area contributed by atoms with E-state index in [0.717, 1.165) is 12.8 Å². The number of allylic oxidation sites excluding steroid dienone is 2. The summed E-state index contributed by atoms with van der Waals surface area (Å²) in [5, 5.41) is 20.0. The van der Waals surface area contributed by atoms with Crippen LogP contribution in [0, 0.1) is 11.8 Å². The Morgan fingerprint density at radius 3 is 2.56 bits per heavy atom. The third-order valence-electron chi connectivity index (χ3n) is 4.62. The minimum Gasteiger partial charge on any atom is -0.463 e. The van der Waals surface area contributed by atoms with Crippen molar-refractivity contribution in [2.24, 2.45) is 11.8 Å². The minimum absolute atomic E-state index is 0.0561. The summed E-state index contributed by atoms with van der Waals surface area (Å²) in [7, 11) is 0. The first kappa shape index (κ1) is 23.3. The minimum atomic E-state index is -0.661. The van der Waals surface area contributed by atoms with E-state index >= 15 is 0 Å². The van der Waals surface area contributed by atoms with Gasteiger partial charge in [-0.3, -0.25) is 4.79 Å². The predicted octanol–water partition coefficient (Wildman–Crippen LogP) is 3.51. The highest BCUT2D eigenvalue weighted by Crippen LogP contribution is 2.43. The Balaban J connectivity index is 2.25. The largest absolute Gasteiger partial charge is 0.463 e. The Morgan fingerprint density at radius 2 is 1.85 bits per heavy atom. The van der Waals surface area contributed by atoms with E-state index in [0.29, 0.717) is 25.9 Å². The van der Waals surface area contributed by atoms with Gasteiger partial charge in [0.15, 0.2) is 5.78 Å². The van der Waals surface area contributed by atoms with Crippen LogP contribution in [0.2, 0.25) is 0 Å². The summed E-state index contributed by atoms with van der Waals surface area (Å²) < 4.78 is 4.77. The van der Waals surface area contributed by atoms with Gasteiger partial charge in [0, 0.05) is 12.0 Å². The van der Waals surface area contributed by atoms with Crippen molar-refractivity contribution in [1.82, 2.24) is 0 Å². The lowest BCUT2D eigenvalue weighted by Crippen LogP contribution is -2.13. The molecule has 4 unspecified atom stereocenters. The van der Waals surface area contributed by atoms with Crippen LogP contribution in [0.15, 0.2) is 36.5 Å². The van der Waals surface area contributed by atoms with Crippen LogP contribution in [0.5, 0.6) is 0 Å². The van der Waals surface area contributed by atoms with Gasteiger partial charge in [-0.2, -0.15) is 0 Å². The van der Waals surface area contributed by atoms with E-state index in [1.165, 1.54) is 31.1 Å². The summed E-state index contributed by atoms with van der Waals surface area (Å²) >= 11 is 0. The smallest absolute Gasteiger partial charge is 0.330 e. The molecule has 0 saturated heterocycles. The van der Waals surface area contributed by atoms with E-state index in [1.54, 1.807) is 13.0 Å². The highest BCUT2D eigenvalue weighted by molar-refractivity contribution is 5.94. The zero-order chi connectivity index (χ0) is 20.1. The van der Waals surface area contributed by atoms with E-state index in [4.69, 9.17) is 4.74 Å². The molecule has 1 fully saturated rings. The molecule has 152 valence electrons. The number of unbranched alkanes of at least 4 members (excludes halogenated alkanes) is 3. The average Bonchev–Trinajstić information content (AvgIpc) is 3.43. The normalized spacial score (nSPS) is 21.8. The number of esters is 1. The van der Waals surface area contributed by atoms with Crippen LogP contribution in [-0.4, -0.2) is 40.8 Å². The number of ketones is 1. The van der Waals surface area contributed by atoms with Gasteiger partial charge in [-0.15, -0.1) is 0 Å². The van der Waals surface area contributed by atoms with Crippen molar-refractivity contribution < 1.29 is 24.5 Å². The molecule has 2 N–H and O–H groups in total. The highest BCUT2D eigenvalue weighted by Gasteiger charge is 2.45. The first-order chi connectivity index (χ1) is 13.0. The van der Waals surface area contributed by atoms with Gasteiger partial charge >= 0.3 is 5.97 Å². The van der Waals surface area contributed by atoms with Crippen LogP contribution in [0.1, 0.15) is 58.8 Å². The molecule has 5 heteroatoms. The zero-order valence-electron chi connectivity index (χ0n) is 16.5. The lowest BCUT2D eigenvalue weighted by atomic mass is 10.1. The molecule has 1 aliphatic rings. The molecular formula is C22H34O5.